The molecule has 0 bridgehead atoms. The third kappa shape index (κ3) is 4.66. The third-order valence-corrected chi connectivity index (χ3v) is 5.58. The zero-order valence-electron chi connectivity index (χ0n) is 18.8. The third-order valence-electron chi connectivity index (χ3n) is 5.58. The average molecular weight is 434 g/mol. The van der Waals surface area contributed by atoms with E-state index in [4.69, 9.17) is 4.74 Å². The van der Waals surface area contributed by atoms with Crippen molar-refractivity contribution in [2.45, 2.75) is 33.7 Å². The van der Waals surface area contributed by atoms with Crippen LogP contribution in [0, 0.1) is 26.6 Å². The molecule has 7 heteroatoms. The molecule has 0 aliphatic rings. The number of rotatable bonds is 8. The summed E-state index contributed by atoms with van der Waals surface area (Å²) < 4.78 is 19.4. The predicted molar refractivity (Wildman–Crippen MR) is 127 cm³/mol. The maximum absolute atomic E-state index is 14.2. The van der Waals surface area contributed by atoms with Gasteiger partial charge in [-0.15, -0.1) is 0 Å². The number of anilines is 2. The van der Waals surface area contributed by atoms with Crippen molar-refractivity contribution in [2.24, 2.45) is 0 Å². The van der Waals surface area contributed by atoms with E-state index in [2.05, 4.69) is 25.6 Å². The summed E-state index contributed by atoms with van der Waals surface area (Å²) in [6, 6.07) is 13.2. The quantitative estimate of drug-likeness (QED) is 0.352. The molecule has 0 spiro atoms. The Morgan fingerprint density at radius 1 is 0.969 bits per heavy atom. The van der Waals surface area contributed by atoms with Crippen LogP contribution in [-0.2, 0) is 13.0 Å². The highest BCUT2D eigenvalue weighted by atomic mass is 19.1. The summed E-state index contributed by atoms with van der Waals surface area (Å²) in [4.78, 5) is 12.2. The molecule has 0 fully saturated rings. The van der Waals surface area contributed by atoms with Crippen LogP contribution in [0.15, 0.2) is 42.5 Å². The van der Waals surface area contributed by atoms with Gasteiger partial charge < -0.3 is 20.4 Å². The molecule has 4 aromatic rings. The second kappa shape index (κ2) is 9.26. The molecule has 2 heterocycles. The number of nitrogens with zero attached hydrogens (tertiary/aromatic N) is 2. The molecule has 2 aromatic heterocycles. The van der Waals surface area contributed by atoms with Crippen molar-refractivity contribution in [2.75, 3.05) is 24.3 Å². The number of hydrogen-bond acceptors (Lipinski definition) is 5. The SMILES string of the molecule is COc1ccc(CNc2cc(NCCc3c(C)[nH]c4c(F)ccc(C)c34)nc(C)n2)cc1. The summed E-state index contributed by atoms with van der Waals surface area (Å²) in [7, 11) is 1.66. The lowest BCUT2D eigenvalue weighted by atomic mass is 10.0. The second-order valence-corrected chi connectivity index (χ2v) is 7.91. The smallest absolute Gasteiger partial charge is 0.147 e. The highest BCUT2D eigenvalue weighted by molar-refractivity contribution is 5.88. The van der Waals surface area contributed by atoms with Gasteiger partial charge in [-0.3, -0.25) is 0 Å². The molecule has 0 aliphatic carbocycles. The maximum atomic E-state index is 14.2. The minimum Gasteiger partial charge on any atom is -0.497 e. The molecule has 4 rings (SSSR count). The van der Waals surface area contributed by atoms with Gasteiger partial charge in [0.05, 0.1) is 12.6 Å². The lowest BCUT2D eigenvalue weighted by Crippen LogP contribution is -2.10. The largest absolute Gasteiger partial charge is 0.497 e. The van der Waals surface area contributed by atoms with Gasteiger partial charge in [-0.1, -0.05) is 18.2 Å². The average Bonchev–Trinajstić information content (AvgIpc) is 3.12. The van der Waals surface area contributed by atoms with Crippen LogP contribution < -0.4 is 15.4 Å². The summed E-state index contributed by atoms with van der Waals surface area (Å²) in [5.74, 6) is 2.83. The molecule has 0 amide bonds. The Hall–Kier alpha value is -3.61. The van der Waals surface area contributed by atoms with E-state index in [0.717, 1.165) is 51.6 Å². The van der Waals surface area contributed by atoms with Gasteiger partial charge in [0.15, 0.2) is 0 Å². The molecule has 6 nitrogen and oxygen atoms in total. The summed E-state index contributed by atoms with van der Waals surface area (Å²) in [6.07, 6.45) is 0.758. The van der Waals surface area contributed by atoms with Crippen LogP contribution in [-0.4, -0.2) is 28.6 Å². The minimum atomic E-state index is -0.216. The summed E-state index contributed by atoms with van der Waals surface area (Å²) in [5, 5.41) is 7.72. The van der Waals surface area contributed by atoms with E-state index in [1.165, 1.54) is 6.07 Å². The number of aromatic nitrogens is 3. The topological polar surface area (TPSA) is 74.9 Å². The Morgan fingerprint density at radius 3 is 2.41 bits per heavy atom. The van der Waals surface area contributed by atoms with E-state index in [0.29, 0.717) is 24.4 Å². The second-order valence-electron chi connectivity index (χ2n) is 7.91. The Morgan fingerprint density at radius 2 is 1.69 bits per heavy atom. The number of halogens is 1. The van der Waals surface area contributed by atoms with Crippen LogP contribution in [0.25, 0.3) is 10.9 Å². The molecule has 0 aliphatic heterocycles. The monoisotopic (exact) mass is 433 g/mol. The van der Waals surface area contributed by atoms with Gasteiger partial charge in [-0.05, 0) is 62.1 Å². The van der Waals surface area contributed by atoms with Crippen LogP contribution in [0.2, 0.25) is 0 Å². The van der Waals surface area contributed by atoms with Gasteiger partial charge in [-0.2, -0.15) is 0 Å². The number of fused-ring (bicyclic) bond motifs is 1. The Kier molecular flexibility index (Phi) is 6.25. The lowest BCUT2D eigenvalue weighted by Gasteiger charge is -2.11. The van der Waals surface area contributed by atoms with Gasteiger partial charge in [0.1, 0.15) is 29.0 Å². The standard InChI is InChI=1S/C25H28FN5O/c1-15-5-10-21(26)25-24(15)20(16(2)29-25)11-12-27-22-13-23(31-17(3)30-22)28-14-18-6-8-19(32-4)9-7-18/h5-10,13,29H,11-12,14H2,1-4H3,(H2,27,28,30,31). The van der Waals surface area contributed by atoms with Crippen LogP contribution in [0.3, 0.4) is 0 Å². The molecule has 0 saturated heterocycles. The number of ether oxygens (including phenoxy) is 1. The van der Waals surface area contributed by atoms with Crippen LogP contribution in [0.4, 0.5) is 16.0 Å². The fourth-order valence-corrected chi connectivity index (χ4v) is 3.96. The van der Waals surface area contributed by atoms with Crippen molar-refractivity contribution in [1.82, 2.24) is 15.0 Å². The number of H-pyrrole nitrogens is 1. The molecular weight excluding hydrogens is 405 g/mol. The van der Waals surface area contributed by atoms with Crippen molar-refractivity contribution in [3.05, 3.63) is 76.5 Å². The highest BCUT2D eigenvalue weighted by Crippen LogP contribution is 2.28. The van der Waals surface area contributed by atoms with Crippen molar-refractivity contribution in [3.8, 4) is 5.75 Å². The van der Waals surface area contributed by atoms with E-state index in [-0.39, 0.29) is 5.82 Å². The Bertz CT molecular complexity index is 1230. The highest BCUT2D eigenvalue weighted by Gasteiger charge is 2.14. The molecule has 0 saturated carbocycles. The maximum Gasteiger partial charge on any atom is 0.147 e. The zero-order chi connectivity index (χ0) is 22.7. The zero-order valence-corrected chi connectivity index (χ0v) is 18.8. The molecule has 3 N–H and O–H groups in total. The van der Waals surface area contributed by atoms with Gasteiger partial charge in [-0.25, -0.2) is 14.4 Å². The first-order valence-corrected chi connectivity index (χ1v) is 10.7. The van der Waals surface area contributed by atoms with Crippen molar-refractivity contribution >= 4 is 22.5 Å². The molecule has 0 unspecified atom stereocenters. The van der Waals surface area contributed by atoms with Crippen LogP contribution in [0.5, 0.6) is 5.75 Å². The van der Waals surface area contributed by atoms with Gasteiger partial charge in [0.2, 0.25) is 0 Å². The number of nitrogens with one attached hydrogen (secondary N) is 3. The normalized spacial score (nSPS) is 11.0. The Balaban J connectivity index is 1.42. The lowest BCUT2D eigenvalue weighted by molar-refractivity contribution is 0.414. The predicted octanol–water partition coefficient (Wildman–Crippen LogP) is 5.30. The van der Waals surface area contributed by atoms with E-state index >= 15 is 0 Å². The first-order chi connectivity index (χ1) is 15.4. The molecule has 0 atom stereocenters. The van der Waals surface area contributed by atoms with E-state index in [1.54, 1.807) is 7.11 Å². The van der Waals surface area contributed by atoms with E-state index in [1.807, 2.05) is 57.2 Å². The van der Waals surface area contributed by atoms with Crippen molar-refractivity contribution < 1.29 is 9.13 Å². The molecule has 166 valence electrons. The summed E-state index contributed by atoms with van der Waals surface area (Å²) in [5.41, 5.74) is 4.92. The Labute approximate surface area is 187 Å². The number of benzene rings is 2. The molecule has 2 aromatic carbocycles. The summed E-state index contributed by atoms with van der Waals surface area (Å²) in [6.45, 7) is 7.21. The van der Waals surface area contributed by atoms with Gasteiger partial charge >= 0.3 is 0 Å². The fraction of sp³-hybridized carbons (Fsp3) is 0.280. The molecular formula is C25H28FN5O. The fourth-order valence-electron chi connectivity index (χ4n) is 3.96. The van der Waals surface area contributed by atoms with Crippen molar-refractivity contribution in [3.63, 3.8) is 0 Å². The van der Waals surface area contributed by atoms with Gasteiger partial charge in [0.25, 0.3) is 0 Å². The van der Waals surface area contributed by atoms with E-state index < -0.39 is 0 Å². The van der Waals surface area contributed by atoms with Gasteiger partial charge in [0, 0.05) is 30.2 Å². The number of aryl methyl sites for hydroxylation is 3. The summed E-state index contributed by atoms with van der Waals surface area (Å²) >= 11 is 0. The van der Waals surface area contributed by atoms with Crippen LogP contribution >= 0.6 is 0 Å². The van der Waals surface area contributed by atoms with Crippen LogP contribution in [0.1, 0.15) is 28.2 Å². The van der Waals surface area contributed by atoms with E-state index in [9.17, 15) is 4.39 Å². The first kappa shape index (κ1) is 21.6. The number of aromatic amines is 1. The number of methoxy groups -OCH3 is 1. The minimum absolute atomic E-state index is 0.216. The number of hydrogen-bond donors (Lipinski definition) is 3. The first-order valence-electron chi connectivity index (χ1n) is 10.7. The van der Waals surface area contributed by atoms with Crippen molar-refractivity contribution in [1.29, 1.82) is 0 Å². The molecule has 32 heavy (non-hydrogen) atoms. The molecule has 0 radical (unpaired) electrons.